The molecule has 0 atom stereocenters. The molecule has 0 aromatic rings. The van der Waals surface area contributed by atoms with Gasteiger partial charge in [-0.15, -0.1) is 0 Å². The predicted molar refractivity (Wildman–Crippen MR) is 46.7 cm³/mol. The Balaban J connectivity index is 4.02. The van der Waals surface area contributed by atoms with E-state index in [1.54, 1.807) is 0 Å². The zero-order valence-corrected chi connectivity index (χ0v) is 12.0. The molecule has 0 nitrogen and oxygen atoms in total. The maximum atomic E-state index is 2.56. The van der Waals surface area contributed by atoms with Gasteiger partial charge in [0.1, 0.15) is 0 Å². The Labute approximate surface area is 57.8 Å². The first-order valence-electron chi connectivity index (χ1n) is 3.25. The summed E-state index contributed by atoms with van der Waals surface area (Å²) in [5.74, 6) is 7.66. The van der Waals surface area contributed by atoms with Crippen LogP contribution in [0.5, 0.6) is 0 Å². The summed E-state index contributed by atoms with van der Waals surface area (Å²) in [4.78, 5) is 7.69. The Morgan fingerprint density at radius 2 is 1.00 bits per heavy atom. The van der Waals surface area contributed by atoms with Gasteiger partial charge < -0.3 is 0 Å². The quantitative estimate of drug-likeness (QED) is 0.648. The van der Waals surface area contributed by atoms with Crippen LogP contribution in [0.4, 0.5) is 0 Å². The van der Waals surface area contributed by atoms with E-state index < -0.39 is 26.0 Å². The van der Waals surface area contributed by atoms with Crippen molar-refractivity contribution >= 4 is 26.0 Å². The molecule has 0 aromatic carbocycles. The third-order valence-electron chi connectivity index (χ3n) is 2.25. The summed E-state index contributed by atoms with van der Waals surface area (Å²) in [6.07, 6.45) is 0. The van der Waals surface area contributed by atoms with Gasteiger partial charge in [0.2, 0.25) is 0 Å². The van der Waals surface area contributed by atoms with Crippen LogP contribution >= 0.6 is 0 Å². The van der Waals surface area contributed by atoms with E-state index in [-0.39, 0.29) is 0 Å². The van der Waals surface area contributed by atoms with E-state index in [4.69, 9.17) is 0 Å². The maximum absolute atomic E-state index is 2.56. The normalized spacial score (nSPS) is 14.2. The minimum absolute atomic E-state index is 1.10. The van der Waals surface area contributed by atoms with E-state index in [9.17, 15) is 0 Å². The average Bonchev–Trinajstić information content (AvgIpc) is 1.25. The van der Waals surface area contributed by atoms with E-state index in [0.29, 0.717) is 0 Å². The summed E-state index contributed by atoms with van der Waals surface area (Å²) in [5.41, 5.74) is 0. The zero-order chi connectivity index (χ0) is 7.00. The molecule has 2 heteroatoms. The van der Waals surface area contributed by atoms with Crippen LogP contribution in [-0.2, 0) is 0 Å². The molecule has 0 saturated carbocycles. The molecule has 50 valence electrons. The second-order valence-corrected chi connectivity index (χ2v) is 70.1. The van der Waals surface area contributed by atoms with Gasteiger partial charge in [0.05, 0.1) is 0 Å². The molecule has 0 amide bonds. The fourth-order valence-corrected chi connectivity index (χ4v) is 0. The van der Waals surface area contributed by atoms with E-state index in [1.165, 1.54) is 0 Å². The third kappa shape index (κ3) is 2.76. The monoisotopic (exact) mass is 284 g/mol. The van der Waals surface area contributed by atoms with Crippen molar-refractivity contribution in [1.82, 2.24) is 0 Å². The van der Waals surface area contributed by atoms with Gasteiger partial charge in [0.25, 0.3) is 0 Å². The Morgan fingerprint density at radius 3 is 1.00 bits per heavy atom. The first-order chi connectivity index (χ1) is 3.25. The first-order valence-corrected chi connectivity index (χ1v) is 26.6. The molecule has 8 heavy (non-hydrogen) atoms. The molecule has 0 fully saturated rings. The van der Waals surface area contributed by atoms with Crippen molar-refractivity contribution in [2.24, 2.45) is 0 Å². The van der Waals surface area contributed by atoms with Crippen molar-refractivity contribution in [2.75, 3.05) is 0 Å². The fraction of sp³-hybridized carbons (Fsp3) is 1.00. The summed E-state index contributed by atoms with van der Waals surface area (Å²) < 4.78 is 0. The van der Waals surface area contributed by atoms with Crippen LogP contribution in [0.1, 0.15) is 0 Å². The van der Waals surface area contributed by atoms with Gasteiger partial charge in [-0.25, -0.2) is 0 Å². The standard InChI is InChI=1S/C3H9Ge.3CH3.Sn/c1-4(2)3;;;;/h1-3H3;3*1H3;. The van der Waals surface area contributed by atoms with Crippen LogP contribution < -0.4 is 0 Å². The summed E-state index contributed by atoms with van der Waals surface area (Å²) in [6.45, 7) is 0. The molecule has 0 aliphatic heterocycles. The Morgan fingerprint density at radius 1 is 0.875 bits per heavy atom. The van der Waals surface area contributed by atoms with Gasteiger partial charge in [-0.2, -0.15) is 0 Å². The molecule has 0 heterocycles. The Hall–Kier alpha value is 1.34. The number of rotatable bonds is 1. The average molecular weight is 282 g/mol. The summed E-state index contributed by atoms with van der Waals surface area (Å²) in [5, 5.41) is 0. The van der Waals surface area contributed by atoms with Crippen molar-refractivity contribution in [2.45, 2.75) is 32.1 Å². The van der Waals surface area contributed by atoms with Gasteiger partial charge in [0.15, 0.2) is 0 Å². The van der Waals surface area contributed by atoms with Crippen molar-refractivity contribution < 1.29 is 0 Å². The second kappa shape index (κ2) is 2.53. The van der Waals surface area contributed by atoms with Gasteiger partial charge in [-0.05, 0) is 0 Å². The number of hydrogen-bond donors (Lipinski definition) is 0. The van der Waals surface area contributed by atoms with Crippen LogP contribution in [0.3, 0.4) is 0 Å². The van der Waals surface area contributed by atoms with Crippen LogP contribution in [0.2, 0.25) is 32.1 Å². The van der Waals surface area contributed by atoms with Crippen LogP contribution in [0.25, 0.3) is 0 Å². The molecule has 0 aliphatic carbocycles. The summed E-state index contributed by atoms with van der Waals surface area (Å²) in [7, 11) is -1.10. The molecule has 0 saturated heterocycles. The predicted octanol–water partition coefficient (Wildman–Crippen LogP) is 2.74. The van der Waals surface area contributed by atoms with Crippen LogP contribution in [-0.4, -0.2) is 26.0 Å². The van der Waals surface area contributed by atoms with Crippen molar-refractivity contribution in [3.8, 4) is 0 Å². The van der Waals surface area contributed by atoms with E-state index >= 15 is 0 Å². The molecule has 0 unspecified atom stereocenters. The van der Waals surface area contributed by atoms with Gasteiger partial charge in [-0.3, -0.25) is 0 Å². The van der Waals surface area contributed by atoms with Crippen LogP contribution in [0.15, 0.2) is 0 Å². The summed E-state index contributed by atoms with van der Waals surface area (Å²) in [6, 6.07) is 0. The van der Waals surface area contributed by atoms with Crippen molar-refractivity contribution in [3.05, 3.63) is 0 Å². The van der Waals surface area contributed by atoms with Crippen molar-refractivity contribution in [3.63, 3.8) is 0 Å². The molecule has 0 N–H and O–H groups in total. The zero-order valence-electron chi connectivity index (χ0n) is 7.00. The number of hydrogen-bond acceptors (Lipinski definition) is 0. The molecule has 0 spiro atoms. The molecule has 0 radical (unpaired) electrons. The van der Waals surface area contributed by atoms with Gasteiger partial charge in [0, 0.05) is 0 Å². The second-order valence-electron chi connectivity index (χ2n) is 4.50. The molecule has 0 rings (SSSR count). The van der Waals surface area contributed by atoms with Crippen molar-refractivity contribution in [1.29, 1.82) is 0 Å². The van der Waals surface area contributed by atoms with E-state index in [2.05, 4.69) is 32.1 Å². The van der Waals surface area contributed by atoms with E-state index in [1.807, 2.05) is 0 Å². The first kappa shape index (κ1) is 9.34. The molecule has 0 bridgehead atoms. The molecular weight excluding hydrogens is 263 g/mol. The fourth-order valence-electron chi connectivity index (χ4n) is 0. The third-order valence-corrected chi connectivity index (χ3v) is 78.4. The molecular formula is C6H18GeSn. The minimum atomic E-state index is -1.33. The van der Waals surface area contributed by atoms with E-state index in [0.717, 1.165) is 0 Å². The van der Waals surface area contributed by atoms with Gasteiger partial charge in [-0.1, -0.05) is 0 Å². The van der Waals surface area contributed by atoms with Crippen LogP contribution in [0, 0.1) is 0 Å². The Bertz CT molecular complexity index is 63.5. The molecule has 0 aromatic heterocycles. The topological polar surface area (TPSA) is 0 Å². The summed E-state index contributed by atoms with van der Waals surface area (Å²) >= 11 is -1.33. The SMILES string of the molecule is [CH3][Ge]([CH3])([CH3])[Sn]([CH3])([CH3])[CH3]. The Kier molecular flexibility index (Phi) is 2.95. The van der Waals surface area contributed by atoms with Gasteiger partial charge >= 0.3 is 58.1 Å². The molecule has 0 aliphatic rings.